The zero-order valence-electron chi connectivity index (χ0n) is 12.3. The Balaban J connectivity index is 1.62. The maximum atomic E-state index is 11.9. The largest absolute Gasteiger partial charge is 0.374 e. The summed E-state index contributed by atoms with van der Waals surface area (Å²) in [5.74, 6) is -0.152. The van der Waals surface area contributed by atoms with Gasteiger partial charge in [0.2, 0.25) is 16.2 Å². The highest BCUT2D eigenvalue weighted by molar-refractivity contribution is 8.01. The number of carbonyl (C=O) groups excluding carboxylic acids is 1. The Hall–Kier alpha value is -2.64. The average Bonchev–Trinajstić information content (AvgIpc) is 3.22. The molecule has 0 radical (unpaired) electrons. The summed E-state index contributed by atoms with van der Waals surface area (Å²) in [6, 6.07) is 6.05. The lowest BCUT2D eigenvalue weighted by molar-refractivity contribution is -0.384. The fourth-order valence-electron chi connectivity index (χ4n) is 1.70. The quantitative estimate of drug-likeness (QED) is 0.364. The van der Waals surface area contributed by atoms with Gasteiger partial charge in [-0.3, -0.25) is 20.2 Å². The fourth-order valence-corrected chi connectivity index (χ4v) is 3.90. The standard InChI is InChI=1S/C12H9N7O3S3/c13-10-16-18-12(25-10)23-5-8(20)14-11-17-15-9(24-11)6-2-1-3-7(4-6)19(21)22/h1-4H,5H2,(H2,13,16)(H,14,17,20). The number of nitrogens with one attached hydrogen (secondary N) is 1. The summed E-state index contributed by atoms with van der Waals surface area (Å²) in [6.07, 6.45) is 0. The third-order valence-corrected chi connectivity index (χ3v) is 5.50. The van der Waals surface area contributed by atoms with E-state index in [9.17, 15) is 14.9 Å². The van der Waals surface area contributed by atoms with E-state index >= 15 is 0 Å². The molecule has 128 valence electrons. The number of rotatable bonds is 6. The minimum Gasteiger partial charge on any atom is -0.374 e. The molecule has 1 aromatic carbocycles. The van der Waals surface area contributed by atoms with Gasteiger partial charge in [0.1, 0.15) is 5.01 Å². The van der Waals surface area contributed by atoms with E-state index in [0.29, 0.717) is 25.2 Å². The molecule has 1 amide bonds. The van der Waals surface area contributed by atoms with Crippen LogP contribution in [-0.2, 0) is 4.79 Å². The van der Waals surface area contributed by atoms with Crippen molar-refractivity contribution in [3.05, 3.63) is 34.4 Å². The molecule has 0 fully saturated rings. The van der Waals surface area contributed by atoms with Crippen LogP contribution in [0.3, 0.4) is 0 Å². The summed E-state index contributed by atoms with van der Waals surface area (Å²) in [4.78, 5) is 22.3. The number of carbonyl (C=O) groups is 1. The number of hydrogen-bond donors (Lipinski definition) is 2. The average molecular weight is 395 g/mol. The normalized spacial score (nSPS) is 10.6. The predicted octanol–water partition coefficient (Wildman–Crippen LogP) is 2.28. The zero-order chi connectivity index (χ0) is 17.8. The molecule has 0 unspecified atom stereocenters. The molecule has 0 saturated heterocycles. The van der Waals surface area contributed by atoms with Gasteiger partial charge in [0.25, 0.3) is 5.69 Å². The lowest BCUT2D eigenvalue weighted by Gasteiger charge is -1.98. The van der Waals surface area contributed by atoms with Gasteiger partial charge in [0.05, 0.1) is 10.7 Å². The van der Waals surface area contributed by atoms with Crippen LogP contribution in [0.4, 0.5) is 16.0 Å². The van der Waals surface area contributed by atoms with Crippen LogP contribution >= 0.6 is 34.4 Å². The van der Waals surface area contributed by atoms with E-state index in [0.717, 1.165) is 11.3 Å². The molecular weight excluding hydrogens is 386 g/mol. The first-order valence-electron chi connectivity index (χ1n) is 6.61. The molecule has 3 N–H and O–H groups in total. The Morgan fingerprint density at radius 2 is 2.12 bits per heavy atom. The van der Waals surface area contributed by atoms with Crippen LogP contribution in [-0.4, -0.2) is 37.0 Å². The highest BCUT2D eigenvalue weighted by Gasteiger charge is 2.13. The number of nitro groups is 1. The number of aromatic nitrogens is 4. The highest BCUT2D eigenvalue weighted by atomic mass is 32.2. The van der Waals surface area contributed by atoms with Gasteiger partial charge in [0, 0.05) is 17.7 Å². The molecule has 25 heavy (non-hydrogen) atoms. The lowest BCUT2D eigenvalue weighted by Crippen LogP contribution is -2.13. The number of non-ortho nitro benzene ring substituents is 1. The van der Waals surface area contributed by atoms with E-state index < -0.39 is 4.92 Å². The summed E-state index contributed by atoms with van der Waals surface area (Å²) in [5.41, 5.74) is 5.99. The Bertz CT molecular complexity index is 926. The number of benzene rings is 1. The van der Waals surface area contributed by atoms with Crippen LogP contribution in [0.2, 0.25) is 0 Å². The first-order chi connectivity index (χ1) is 12.0. The number of nitrogens with two attached hydrogens (primary N) is 1. The fraction of sp³-hybridized carbons (Fsp3) is 0.0833. The molecule has 3 aromatic rings. The minimum atomic E-state index is -0.481. The molecule has 10 nitrogen and oxygen atoms in total. The van der Waals surface area contributed by atoms with Crippen LogP contribution in [0.5, 0.6) is 0 Å². The Kier molecular flexibility index (Phi) is 5.16. The molecule has 0 aliphatic heterocycles. The topological polar surface area (TPSA) is 150 Å². The van der Waals surface area contributed by atoms with Gasteiger partial charge in [-0.25, -0.2) is 0 Å². The van der Waals surface area contributed by atoms with Crippen LogP contribution in [0.25, 0.3) is 10.6 Å². The second kappa shape index (κ2) is 7.50. The molecule has 0 spiro atoms. The molecule has 0 atom stereocenters. The zero-order valence-corrected chi connectivity index (χ0v) is 14.7. The van der Waals surface area contributed by atoms with E-state index in [1.165, 1.54) is 35.2 Å². The van der Waals surface area contributed by atoms with Crippen molar-refractivity contribution in [1.29, 1.82) is 0 Å². The summed E-state index contributed by atoms with van der Waals surface area (Å²) in [7, 11) is 0. The summed E-state index contributed by atoms with van der Waals surface area (Å²) < 4.78 is 0.599. The van der Waals surface area contributed by atoms with E-state index in [1.54, 1.807) is 12.1 Å². The molecule has 2 heterocycles. The maximum absolute atomic E-state index is 11.9. The lowest BCUT2D eigenvalue weighted by atomic mass is 10.2. The second-order valence-electron chi connectivity index (χ2n) is 4.46. The van der Waals surface area contributed by atoms with Crippen molar-refractivity contribution < 1.29 is 9.72 Å². The van der Waals surface area contributed by atoms with Gasteiger partial charge in [-0.15, -0.1) is 20.4 Å². The first kappa shape index (κ1) is 17.2. The van der Waals surface area contributed by atoms with Crippen LogP contribution in [0, 0.1) is 10.1 Å². The molecule has 13 heteroatoms. The maximum Gasteiger partial charge on any atom is 0.270 e. The molecule has 3 rings (SSSR count). The number of hydrogen-bond acceptors (Lipinski definition) is 11. The van der Waals surface area contributed by atoms with E-state index in [2.05, 4.69) is 25.7 Å². The summed E-state index contributed by atoms with van der Waals surface area (Å²) >= 11 is 3.54. The van der Waals surface area contributed by atoms with Crippen molar-refractivity contribution in [2.24, 2.45) is 0 Å². The van der Waals surface area contributed by atoms with Crippen LogP contribution in [0.15, 0.2) is 28.6 Å². The SMILES string of the molecule is Nc1nnc(SCC(=O)Nc2nnc(-c3cccc([N+](=O)[O-])c3)s2)s1. The van der Waals surface area contributed by atoms with Gasteiger partial charge in [0.15, 0.2) is 4.34 Å². The third-order valence-electron chi connectivity index (χ3n) is 2.72. The van der Waals surface area contributed by atoms with Crippen molar-refractivity contribution in [2.45, 2.75) is 4.34 Å². The predicted molar refractivity (Wildman–Crippen MR) is 95.7 cm³/mol. The molecule has 2 aromatic heterocycles. The third kappa shape index (κ3) is 4.46. The molecule has 0 aliphatic rings. The number of nitro benzene ring substituents is 1. The second-order valence-corrected chi connectivity index (χ2v) is 7.67. The van der Waals surface area contributed by atoms with Crippen molar-refractivity contribution in [1.82, 2.24) is 20.4 Å². The Labute approximate surface area is 152 Å². The molecule has 0 bridgehead atoms. The van der Waals surface area contributed by atoms with Crippen molar-refractivity contribution >= 4 is 56.3 Å². The van der Waals surface area contributed by atoms with E-state index in [-0.39, 0.29) is 17.3 Å². The van der Waals surface area contributed by atoms with Crippen molar-refractivity contribution in [3.63, 3.8) is 0 Å². The summed E-state index contributed by atoms with van der Waals surface area (Å²) in [5, 5.41) is 29.9. The first-order valence-corrected chi connectivity index (χ1v) is 9.23. The molecule has 0 aliphatic carbocycles. The minimum absolute atomic E-state index is 0.0361. The number of nitrogen functional groups attached to an aromatic ring is 1. The van der Waals surface area contributed by atoms with Gasteiger partial charge < -0.3 is 5.73 Å². The monoisotopic (exact) mass is 395 g/mol. The molecule has 0 saturated carbocycles. The number of nitrogens with zero attached hydrogens (tertiary/aromatic N) is 5. The van der Waals surface area contributed by atoms with Crippen molar-refractivity contribution in [2.75, 3.05) is 16.8 Å². The van der Waals surface area contributed by atoms with Crippen molar-refractivity contribution in [3.8, 4) is 10.6 Å². The number of amides is 1. The van der Waals surface area contributed by atoms with E-state index in [1.807, 2.05) is 0 Å². The van der Waals surface area contributed by atoms with E-state index in [4.69, 9.17) is 5.73 Å². The van der Waals surface area contributed by atoms with Gasteiger partial charge in [-0.1, -0.05) is 46.6 Å². The van der Waals surface area contributed by atoms with Crippen LogP contribution < -0.4 is 11.1 Å². The summed E-state index contributed by atoms with van der Waals surface area (Å²) in [6.45, 7) is 0. The number of thioether (sulfide) groups is 1. The molecular formula is C12H9N7O3S3. The van der Waals surface area contributed by atoms with Gasteiger partial charge in [-0.05, 0) is 0 Å². The van der Waals surface area contributed by atoms with Gasteiger partial charge in [-0.2, -0.15) is 0 Å². The number of anilines is 2. The smallest absolute Gasteiger partial charge is 0.270 e. The Morgan fingerprint density at radius 1 is 1.28 bits per heavy atom. The van der Waals surface area contributed by atoms with Gasteiger partial charge >= 0.3 is 0 Å². The van der Waals surface area contributed by atoms with Crippen LogP contribution in [0.1, 0.15) is 0 Å². The highest BCUT2D eigenvalue weighted by Crippen LogP contribution is 2.29. The Morgan fingerprint density at radius 3 is 2.84 bits per heavy atom.